The molecule has 0 bridgehead atoms. The minimum atomic E-state index is -0.327. The van der Waals surface area contributed by atoms with Crippen LogP contribution < -0.4 is 19.7 Å². The number of hydrogen-bond acceptors (Lipinski definition) is 4. The fraction of sp³-hybridized carbons (Fsp3) is 0.222. The lowest BCUT2D eigenvalue weighted by molar-refractivity contribution is -0.120. The molecule has 2 aromatic rings. The molecule has 0 aromatic heterocycles. The topological polar surface area (TPSA) is 67.9 Å². The Labute approximate surface area is 151 Å². The highest BCUT2D eigenvalue weighted by Crippen LogP contribution is 2.29. The number of methoxy groups -OCH3 is 2. The lowest BCUT2D eigenvalue weighted by Gasteiger charge is -2.21. The molecule has 132 valence electrons. The average molecular weight is 363 g/mol. The van der Waals surface area contributed by atoms with Crippen molar-refractivity contribution in [2.24, 2.45) is 0 Å². The van der Waals surface area contributed by atoms with Crippen LogP contribution in [0.25, 0.3) is 0 Å². The number of anilines is 2. The predicted octanol–water partition coefficient (Wildman–Crippen LogP) is 3.35. The summed E-state index contributed by atoms with van der Waals surface area (Å²) in [6, 6.07) is 11.8. The van der Waals surface area contributed by atoms with Gasteiger partial charge >= 0.3 is 0 Å². The SMILES string of the molecule is COc1ccc(NC(=O)CN(C(C)=O)c2ccc(OC)c(Cl)c2)cc1. The van der Waals surface area contributed by atoms with Crippen LogP contribution in [0, 0.1) is 0 Å². The van der Waals surface area contributed by atoms with Gasteiger partial charge in [0.15, 0.2) is 0 Å². The summed E-state index contributed by atoms with van der Waals surface area (Å²) in [5, 5.41) is 3.10. The fourth-order valence-electron chi connectivity index (χ4n) is 2.23. The summed E-state index contributed by atoms with van der Waals surface area (Å²) in [4.78, 5) is 25.5. The fourth-order valence-corrected chi connectivity index (χ4v) is 2.48. The van der Waals surface area contributed by atoms with E-state index in [9.17, 15) is 9.59 Å². The zero-order valence-corrected chi connectivity index (χ0v) is 15.0. The maximum Gasteiger partial charge on any atom is 0.244 e. The maximum atomic E-state index is 12.3. The van der Waals surface area contributed by atoms with E-state index in [1.54, 1.807) is 49.6 Å². The summed E-state index contributed by atoms with van der Waals surface area (Å²) in [7, 11) is 3.07. The van der Waals surface area contributed by atoms with E-state index >= 15 is 0 Å². The van der Waals surface area contributed by atoms with Crippen LogP contribution in [-0.2, 0) is 9.59 Å². The average Bonchev–Trinajstić information content (AvgIpc) is 2.60. The molecule has 0 atom stereocenters. The molecule has 0 spiro atoms. The Hall–Kier alpha value is -2.73. The zero-order valence-electron chi connectivity index (χ0n) is 14.2. The summed E-state index contributed by atoms with van der Waals surface area (Å²) in [6.45, 7) is 1.25. The molecule has 1 N–H and O–H groups in total. The van der Waals surface area contributed by atoms with Gasteiger partial charge in [-0.1, -0.05) is 11.6 Å². The highest BCUT2D eigenvalue weighted by atomic mass is 35.5. The number of amides is 2. The van der Waals surface area contributed by atoms with E-state index < -0.39 is 0 Å². The van der Waals surface area contributed by atoms with Crippen molar-refractivity contribution in [1.82, 2.24) is 0 Å². The van der Waals surface area contributed by atoms with Gasteiger partial charge in [-0.05, 0) is 42.5 Å². The summed E-state index contributed by atoms with van der Waals surface area (Å²) >= 11 is 6.10. The normalized spacial score (nSPS) is 10.1. The Balaban J connectivity index is 2.11. The molecule has 0 aliphatic rings. The first-order chi connectivity index (χ1) is 11.9. The van der Waals surface area contributed by atoms with Crippen LogP contribution in [0.5, 0.6) is 11.5 Å². The number of nitrogens with zero attached hydrogens (tertiary/aromatic N) is 1. The molecule has 2 amide bonds. The van der Waals surface area contributed by atoms with Crippen molar-refractivity contribution < 1.29 is 19.1 Å². The van der Waals surface area contributed by atoms with E-state index in [-0.39, 0.29) is 18.4 Å². The van der Waals surface area contributed by atoms with Crippen LogP contribution >= 0.6 is 11.6 Å². The van der Waals surface area contributed by atoms with Crippen molar-refractivity contribution in [1.29, 1.82) is 0 Å². The molecule has 2 rings (SSSR count). The van der Waals surface area contributed by atoms with Crippen molar-refractivity contribution >= 4 is 34.8 Å². The highest BCUT2D eigenvalue weighted by molar-refractivity contribution is 6.32. The van der Waals surface area contributed by atoms with E-state index in [1.165, 1.54) is 18.9 Å². The first-order valence-electron chi connectivity index (χ1n) is 7.50. The van der Waals surface area contributed by atoms with Gasteiger partial charge in [0.2, 0.25) is 11.8 Å². The number of carbonyl (C=O) groups is 2. The second-order valence-corrected chi connectivity index (χ2v) is 5.61. The molecule has 6 nitrogen and oxygen atoms in total. The van der Waals surface area contributed by atoms with Gasteiger partial charge in [-0.2, -0.15) is 0 Å². The van der Waals surface area contributed by atoms with Crippen molar-refractivity contribution in [3.05, 3.63) is 47.5 Å². The van der Waals surface area contributed by atoms with Crippen LogP contribution in [-0.4, -0.2) is 32.6 Å². The van der Waals surface area contributed by atoms with Crippen molar-refractivity contribution in [2.75, 3.05) is 31.0 Å². The molecule has 7 heteroatoms. The number of carbonyl (C=O) groups excluding carboxylic acids is 2. The van der Waals surface area contributed by atoms with Crippen molar-refractivity contribution in [3.63, 3.8) is 0 Å². The van der Waals surface area contributed by atoms with E-state index in [2.05, 4.69) is 5.32 Å². The molecule has 0 fully saturated rings. The van der Waals surface area contributed by atoms with Gasteiger partial charge in [-0.3, -0.25) is 9.59 Å². The number of benzene rings is 2. The molecule has 0 saturated heterocycles. The van der Waals surface area contributed by atoms with Gasteiger partial charge in [0.25, 0.3) is 0 Å². The van der Waals surface area contributed by atoms with E-state index in [4.69, 9.17) is 21.1 Å². The number of nitrogens with one attached hydrogen (secondary N) is 1. The van der Waals surface area contributed by atoms with Crippen LogP contribution in [0.1, 0.15) is 6.92 Å². The predicted molar refractivity (Wildman–Crippen MR) is 97.7 cm³/mol. The molecular weight excluding hydrogens is 344 g/mol. The van der Waals surface area contributed by atoms with Gasteiger partial charge < -0.3 is 19.7 Å². The third kappa shape index (κ3) is 4.87. The van der Waals surface area contributed by atoms with Gasteiger partial charge in [0, 0.05) is 18.3 Å². The third-order valence-electron chi connectivity index (χ3n) is 3.50. The third-order valence-corrected chi connectivity index (χ3v) is 3.80. The highest BCUT2D eigenvalue weighted by Gasteiger charge is 2.17. The van der Waals surface area contributed by atoms with Crippen molar-refractivity contribution in [3.8, 4) is 11.5 Å². The Morgan fingerprint density at radius 1 is 1.08 bits per heavy atom. The molecule has 0 radical (unpaired) electrons. The standard InChI is InChI=1S/C18H19ClN2O4/c1-12(22)21(14-6-9-17(25-3)16(19)10-14)11-18(23)20-13-4-7-15(24-2)8-5-13/h4-10H,11H2,1-3H3,(H,20,23). The minimum Gasteiger partial charge on any atom is -0.497 e. The quantitative estimate of drug-likeness (QED) is 0.855. The van der Waals surface area contributed by atoms with Crippen LogP contribution in [0.15, 0.2) is 42.5 Å². The molecule has 0 unspecified atom stereocenters. The Morgan fingerprint density at radius 3 is 2.28 bits per heavy atom. The molecule has 0 heterocycles. The minimum absolute atomic E-state index is 0.135. The monoisotopic (exact) mass is 362 g/mol. The van der Waals surface area contributed by atoms with Crippen LogP contribution in [0.3, 0.4) is 0 Å². The second kappa shape index (κ2) is 8.39. The summed E-state index contributed by atoms with van der Waals surface area (Å²) < 4.78 is 10.2. The zero-order chi connectivity index (χ0) is 18.4. The molecule has 0 aliphatic carbocycles. The second-order valence-electron chi connectivity index (χ2n) is 5.20. The van der Waals surface area contributed by atoms with Crippen molar-refractivity contribution in [2.45, 2.75) is 6.92 Å². The molecule has 0 aliphatic heterocycles. The smallest absolute Gasteiger partial charge is 0.244 e. The van der Waals surface area contributed by atoms with Crippen LogP contribution in [0.4, 0.5) is 11.4 Å². The van der Waals surface area contributed by atoms with Gasteiger partial charge in [-0.15, -0.1) is 0 Å². The van der Waals surface area contributed by atoms with E-state index in [1.807, 2.05) is 0 Å². The van der Waals surface area contributed by atoms with Gasteiger partial charge in [-0.25, -0.2) is 0 Å². The largest absolute Gasteiger partial charge is 0.497 e. The van der Waals surface area contributed by atoms with E-state index in [0.717, 1.165) is 0 Å². The molecule has 25 heavy (non-hydrogen) atoms. The molecule has 2 aromatic carbocycles. The Kier molecular flexibility index (Phi) is 6.25. The first kappa shape index (κ1) is 18.6. The maximum absolute atomic E-state index is 12.3. The molecule has 0 saturated carbocycles. The summed E-state index contributed by atoms with van der Waals surface area (Å²) in [6.07, 6.45) is 0. The number of rotatable bonds is 6. The van der Waals surface area contributed by atoms with Gasteiger partial charge in [0.05, 0.1) is 19.2 Å². The lowest BCUT2D eigenvalue weighted by Crippen LogP contribution is -2.36. The van der Waals surface area contributed by atoms with E-state index in [0.29, 0.717) is 27.9 Å². The summed E-state index contributed by atoms with van der Waals surface area (Å²) in [5.74, 6) is 0.589. The first-order valence-corrected chi connectivity index (χ1v) is 7.88. The number of hydrogen-bond donors (Lipinski definition) is 1. The number of ether oxygens (including phenoxy) is 2. The lowest BCUT2D eigenvalue weighted by atomic mass is 10.2. The Bertz CT molecular complexity index is 762. The Morgan fingerprint density at radius 2 is 1.76 bits per heavy atom. The van der Waals surface area contributed by atoms with Crippen LogP contribution in [0.2, 0.25) is 5.02 Å². The summed E-state index contributed by atoms with van der Waals surface area (Å²) in [5.41, 5.74) is 1.13. The number of halogens is 1. The van der Waals surface area contributed by atoms with Gasteiger partial charge in [0.1, 0.15) is 18.0 Å². The molecular formula is C18H19ClN2O4.